The highest BCUT2D eigenvalue weighted by molar-refractivity contribution is 6.09. The molecule has 0 unspecified atom stereocenters. The van der Waals surface area contributed by atoms with Gasteiger partial charge >= 0.3 is 5.97 Å². The lowest BCUT2D eigenvalue weighted by atomic mass is 10.1. The second-order valence-corrected chi connectivity index (χ2v) is 4.25. The SMILES string of the molecule is COc1ccc(OC)c(C(=O)/C=C/C(=O)OC(C)C)c1. The van der Waals surface area contributed by atoms with Gasteiger partial charge in [-0.25, -0.2) is 4.79 Å². The van der Waals surface area contributed by atoms with Crippen molar-refractivity contribution in [1.29, 1.82) is 0 Å². The van der Waals surface area contributed by atoms with E-state index < -0.39 is 5.97 Å². The molecule has 0 heterocycles. The van der Waals surface area contributed by atoms with Crippen LogP contribution >= 0.6 is 0 Å². The zero-order valence-electron chi connectivity index (χ0n) is 12.0. The lowest BCUT2D eigenvalue weighted by Gasteiger charge is -2.08. The minimum atomic E-state index is -0.560. The van der Waals surface area contributed by atoms with Crippen molar-refractivity contribution in [3.8, 4) is 11.5 Å². The summed E-state index contributed by atoms with van der Waals surface area (Å²) in [6.07, 6.45) is 2.03. The quantitative estimate of drug-likeness (QED) is 0.454. The third kappa shape index (κ3) is 4.42. The molecule has 1 aromatic rings. The molecule has 1 rings (SSSR count). The van der Waals surface area contributed by atoms with E-state index in [2.05, 4.69) is 0 Å². The van der Waals surface area contributed by atoms with Crippen LogP contribution in [0.5, 0.6) is 11.5 Å². The number of carbonyl (C=O) groups is 2. The van der Waals surface area contributed by atoms with E-state index in [1.807, 2.05) is 0 Å². The van der Waals surface area contributed by atoms with Crippen LogP contribution in [0, 0.1) is 0 Å². The van der Waals surface area contributed by atoms with Crippen LogP contribution in [-0.2, 0) is 9.53 Å². The predicted octanol–water partition coefficient (Wildman–Crippen LogP) is 2.39. The van der Waals surface area contributed by atoms with Crippen LogP contribution in [-0.4, -0.2) is 32.1 Å². The molecule has 0 saturated heterocycles. The van der Waals surface area contributed by atoms with Gasteiger partial charge in [-0.15, -0.1) is 0 Å². The Morgan fingerprint density at radius 3 is 2.35 bits per heavy atom. The molecule has 20 heavy (non-hydrogen) atoms. The van der Waals surface area contributed by atoms with Crippen molar-refractivity contribution in [1.82, 2.24) is 0 Å². The molecule has 0 amide bonds. The Morgan fingerprint density at radius 2 is 1.80 bits per heavy atom. The second-order valence-electron chi connectivity index (χ2n) is 4.25. The van der Waals surface area contributed by atoms with Crippen molar-refractivity contribution in [3.05, 3.63) is 35.9 Å². The van der Waals surface area contributed by atoms with Crippen LogP contribution in [0.15, 0.2) is 30.4 Å². The Balaban J connectivity index is 2.91. The van der Waals surface area contributed by atoms with Crippen molar-refractivity contribution < 1.29 is 23.8 Å². The number of methoxy groups -OCH3 is 2. The van der Waals surface area contributed by atoms with Crippen LogP contribution in [0.3, 0.4) is 0 Å². The van der Waals surface area contributed by atoms with Gasteiger partial charge in [0.05, 0.1) is 25.9 Å². The summed E-state index contributed by atoms with van der Waals surface area (Å²) in [5.74, 6) is 0.0293. The number of hydrogen-bond donors (Lipinski definition) is 0. The monoisotopic (exact) mass is 278 g/mol. The van der Waals surface area contributed by atoms with E-state index in [-0.39, 0.29) is 11.9 Å². The fraction of sp³-hybridized carbons (Fsp3) is 0.333. The Hall–Kier alpha value is -2.30. The van der Waals surface area contributed by atoms with Crippen LogP contribution < -0.4 is 9.47 Å². The van der Waals surface area contributed by atoms with Crippen molar-refractivity contribution >= 4 is 11.8 Å². The van der Waals surface area contributed by atoms with Crippen molar-refractivity contribution in [2.45, 2.75) is 20.0 Å². The van der Waals surface area contributed by atoms with E-state index in [1.165, 1.54) is 14.2 Å². The minimum Gasteiger partial charge on any atom is -0.497 e. The molecule has 0 spiro atoms. The number of rotatable bonds is 6. The molecule has 0 N–H and O–H groups in total. The zero-order chi connectivity index (χ0) is 15.1. The lowest BCUT2D eigenvalue weighted by molar-refractivity contribution is -0.141. The molecule has 1 aromatic carbocycles. The Morgan fingerprint density at radius 1 is 1.10 bits per heavy atom. The van der Waals surface area contributed by atoms with Crippen LogP contribution in [0.25, 0.3) is 0 Å². The maximum atomic E-state index is 12.1. The molecule has 0 radical (unpaired) electrons. The zero-order valence-corrected chi connectivity index (χ0v) is 12.0. The molecule has 5 heteroatoms. The Bertz CT molecular complexity index is 517. The molecule has 0 bridgehead atoms. The summed E-state index contributed by atoms with van der Waals surface area (Å²) in [4.78, 5) is 23.4. The van der Waals surface area contributed by atoms with Gasteiger partial charge in [0.2, 0.25) is 0 Å². The molecular formula is C15H18O5. The van der Waals surface area contributed by atoms with Crippen molar-refractivity contribution in [2.75, 3.05) is 14.2 Å². The van der Waals surface area contributed by atoms with Crippen LogP contribution in [0.1, 0.15) is 24.2 Å². The van der Waals surface area contributed by atoms with Crippen LogP contribution in [0.4, 0.5) is 0 Å². The number of carbonyl (C=O) groups excluding carboxylic acids is 2. The fourth-order valence-corrected chi connectivity index (χ4v) is 1.51. The van der Waals surface area contributed by atoms with Gasteiger partial charge in [-0.3, -0.25) is 4.79 Å². The highest BCUT2D eigenvalue weighted by Crippen LogP contribution is 2.24. The number of ether oxygens (including phenoxy) is 3. The van der Waals surface area contributed by atoms with E-state index in [1.54, 1.807) is 32.0 Å². The Labute approximate surface area is 118 Å². The first-order valence-electron chi connectivity index (χ1n) is 6.13. The largest absolute Gasteiger partial charge is 0.497 e. The lowest BCUT2D eigenvalue weighted by Crippen LogP contribution is -2.09. The van der Waals surface area contributed by atoms with Gasteiger partial charge in [0.15, 0.2) is 5.78 Å². The van der Waals surface area contributed by atoms with E-state index in [0.717, 1.165) is 12.2 Å². The number of ketones is 1. The smallest absolute Gasteiger partial charge is 0.331 e. The standard InChI is InChI=1S/C15H18O5/c1-10(2)20-15(17)8-6-13(16)12-9-11(18-3)5-7-14(12)19-4/h5-10H,1-4H3/b8-6+. The molecule has 0 aliphatic carbocycles. The van der Waals surface area contributed by atoms with Gasteiger partial charge in [-0.1, -0.05) is 0 Å². The molecule has 0 aliphatic heterocycles. The maximum absolute atomic E-state index is 12.1. The van der Waals surface area contributed by atoms with Gasteiger partial charge in [-0.05, 0) is 38.1 Å². The van der Waals surface area contributed by atoms with Gasteiger partial charge in [0.25, 0.3) is 0 Å². The molecule has 0 aliphatic rings. The first-order valence-corrected chi connectivity index (χ1v) is 6.13. The average molecular weight is 278 g/mol. The first kappa shape index (κ1) is 15.8. The summed E-state index contributed by atoms with van der Waals surface area (Å²) >= 11 is 0. The molecule has 0 fully saturated rings. The number of allylic oxidation sites excluding steroid dienone is 1. The summed E-state index contributed by atoms with van der Waals surface area (Å²) in [7, 11) is 2.97. The van der Waals surface area contributed by atoms with E-state index in [9.17, 15) is 9.59 Å². The van der Waals surface area contributed by atoms with E-state index in [0.29, 0.717) is 17.1 Å². The van der Waals surface area contributed by atoms with Crippen molar-refractivity contribution in [2.24, 2.45) is 0 Å². The fourth-order valence-electron chi connectivity index (χ4n) is 1.51. The summed E-state index contributed by atoms with van der Waals surface area (Å²) < 4.78 is 15.1. The normalized spacial score (nSPS) is 10.7. The summed E-state index contributed by atoms with van der Waals surface area (Å²) in [6, 6.07) is 4.87. The number of hydrogen-bond acceptors (Lipinski definition) is 5. The summed E-state index contributed by atoms with van der Waals surface area (Å²) in [5.41, 5.74) is 0.320. The molecular weight excluding hydrogens is 260 g/mol. The minimum absolute atomic E-state index is 0.228. The van der Waals surface area contributed by atoms with Gasteiger partial charge in [-0.2, -0.15) is 0 Å². The van der Waals surface area contributed by atoms with Gasteiger partial charge < -0.3 is 14.2 Å². The highest BCUT2D eigenvalue weighted by Gasteiger charge is 2.12. The predicted molar refractivity (Wildman–Crippen MR) is 74.2 cm³/mol. The summed E-state index contributed by atoms with van der Waals surface area (Å²) in [6.45, 7) is 3.47. The van der Waals surface area contributed by atoms with Gasteiger partial charge in [0, 0.05) is 6.08 Å². The molecule has 0 saturated carbocycles. The summed E-state index contributed by atoms with van der Waals surface area (Å²) in [5, 5.41) is 0. The molecule has 108 valence electrons. The molecule has 0 aromatic heterocycles. The van der Waals surface area contributed by atoms with E-state index >= 15 is 0 Å². The Kier molecular flexibility index (Phi) is 5.77. The average Bonchev–Trinajstić information content (AvgIpc) is 2.43. The maximum Gasteiger partial charge on any atom is 0.331 e. The topological polar surface area (TPSA) is 61.8 Å². The molecule has 0 atom stereocenters. The first-order chi connectivity index (χ1) is 9.47. The van der Waals surface area contributed by atoms with Crippen molar-refractivity contribution in [3.63, 3.8) is 0 Å². The van der Waals surface area contributed by atoms with E-state index in [4.69, 9.17) is 14.2 Å². The highest BCUT2D eigenvalue weighted by atomic mass is 16.5. The second kappa shape index (κ2) is 7.33. The third-order valence-electron chi connectivity index (χ3n) is 2.39. The van der Waals surface area contributed by atoms with Crippen LogP contribution in [0.2, 0.25) is 0 Å². The number of esters is 1. The van der Waals surface area contributed by atoms with Gasteiger partial charge in [0.1, 0.15) is 11.5 Å². The molecule has 5 nitrogen and oxygen atoms in total. The number of benzene rings is 1. The third-order valence-corrected chi connectivity index (χ3v) is 2.39.